The van der Waals surface area contributed by atoms with Gasteiger partial charge in [0.15, 0.2) is 6.79 Å². The molecule has 0 saturated carbocycles. The molecule has 3 heterocycles. The van der Waals surface area contributed by atoms with Crippen molar-refractivity contribution < 1.29 is 23.7 Å². The molecule has 5 rings (SSSR count). The molecule has 0 atom stereocenters. The molecule has 0 radical (unpaired) electrons. The third-order valence-corrected chi connectivity index (χ3v) is 7.89. The molecule has 2 N–H and O–H groups in total. The lowest BCUT2D eigenvalue weighted by molar-refractivity contribution is -0.112. The fourth-order valence-corrected chi connectivity index (χ4v) is 5.34. The smallest absolute Gasteiger partial charge is 0.248 e. The number of carbonyl (C=O) groups is 1. The molecule has 1 amide bonds. The van der Waals surface area contributed by atoms with Crippen LogP contribution in [0.4, 0.5) is 17.1 Å². The van der Waals surface area contributed by atoms with Crippen LogP contribution in [0, 0.1) is 11.3 Å². The van der Waals surface area contributed by atoms with Crippen LogP contribution in [0.2, 0.25) is 5.02 Å². The summed E-state index contributed by atoms with van der Waals surface area (Å²) in [5, 5.41) is 17.3. The molecule has 1 fully saturated rings. The summed E-state index contributed by atoms with van der Waals surface area (Å²) in [5.74, 6) is 0.629. The van der Waals surface area contributed by atoms with E-state index in [2.05, 4.69) is 31.6 Å². The number of carbonyl (C=O) groups excluding carboxylic acids is 1. The number of nitrogens with one attached hydrogen (secondary N) is 2. The lowest BCUT2D eigenvalue weighted by Crippen LogP contribution is -2.33. The van der Waals surface area contributed by atoms with Crippen molar-refractivity contribution in [1.82, 2.24) is 14.9 Å². The van der Waals surface area contributed by atoms with Crippen LogP contribution in [-0.2, 0) is 20.9 Å². The Kier molecular flexibility index (Phi) is 12.0. The number of aromatic nitrogens is 2. The van der Waals surface area contributed by atoms with Crippen molar-refractivity contribution in [3.63, 3.8) is 0 Å². The van der Waals surface area contributed by atoms with Gasteiger partial charge in [-0.25, -0.2) is 0 Å². The summed E-state index contributed by atoms with van der Waals surface area (Å²) in [5.41, 5.74) is 4.28. The molecule has 244 valence electrons. The predicted octanol–water partition coefficient (Wildman–Crippen LogP) is 6.46. The van der Waals surface area contributed by atoms with Crippen molar-refractivity contribution in [2.75, 3.05) is 57.4 Å². The maximum Gasteiger partial charge on any atom is 0.248 e. The molecule has 0 unspecified atom stereocenters. The molecule has 12 heteroatoms. The first-order valence-electron chi connectivity index (χ1n) is 15.4. The summed E-state index contributed by atoms with van der Waals surface area (Å²) in [6.07, 6.45) is 6.47. The Morgan fingerprint density at radius 1 is 1.11 bits per heavy atom. The first-order valence-corrected chi connectivity index (χ1v) is 15.7. The fourth-order valence-electron chi connectivity index (χ4n) is 5.10. The summed E-state index contributed by atoms with van der Waals surface area (Å²) in [4.78, 5) is 24.3. The maximum absolute atomic E-state index is 13.2. The van der Waals surface area contributed by atoms with Gasteiger partial charge < -0.3 is 34.5 Å². The van der Waals surface area contributed by atoms with Gasteiger partial charge >= 0.3 is 0 Å². The molecular weight excluding hydrogens is 620 g/mol. The van der Waals surface area contributed by atoms with Crippen LogP contribution in [0.25, 0.3) is 10.9 Å². The highest BCUT2D eigenvalue weighted by molar-refractivity contribution is 6.32. The fraction of sp³-hybridized carbons (Fsp3) is 0.314. The number of rotatable bonds is 14. The lowest BCUT2D eigenvalue weighted by atomic mass is 10.0. The number of nitriles is 1. The van der Waals surface area contributed by atoms with Crippen LogP contribution in [0.5, 0.6) is 11.5 Å². The predicted molar refractivity (Wildman–Crippen MR) is 181 cm³/mol. The van der Waals surface area contributed by atoms with Crippen LogP contribution in [0.3, 0.4) is 0 Å². The quantitative estimate of drug-likeness (QED) is 0.0886. The molecule has 4 aromatic rings. The van der Waals surface area contributed by atoms with Crippen molar-refractivity contribution in [2.24, 2.45) is 0 Å². The third kappa shape index (κ3) is 9.18. The number of pyridine rings is 2. The lowest BCUT2D eigenvalue weighted by Gasteiger charge is -2.27. The van der Waals surface area contributed by atoms with E-state index in [4.69, 9.17) is 30.5 Å². The number of methoxy groups -OCH3 is 1. The molecule has 1 aliphatic heterocycles. The number of fused-ring (bicyclic) bond motifs is 1. The number of likely N-dealkylation sites (tertiary alicyclic amines) is 1. The minimum absolute atomic E-state index is 0.00207. The van der Waals surface area contributed by atoms with Gasteiger partial charge in [-0.05, 0) is 56.2 Å². The monoisotopic (exact) mass is 656 g/mol. The van der Waals surface area contributed by atoms with Gasteiger partial charge in [0.1, 0.15) is 24.2 Å². The number of ether oxygens (including phenoxy) is 4. The highest BCUT2D eigenvalue weighted by atomic mass is 35.5. The zero-order valence-electron chi connectivity index (χ0n) is 26.4. The molecule has 2 aromatic heterocycles. The summed E-state index contributed by atoms with van der Waals surface area (Å²) < 4.78 is 22.3. The number of benzene rings is 2. The highest BCUT2D eigenvalue weighted by Crippen LogP contribution is 2.37. The first-order chi connectivity index (χ1) is 23.0. The number of halogens is 1. The zero-order chi connectivity index (χ0) is 33.0. The van der Waals surface area contributed by atoms with Gasteiger partial charge in [-0.15, -0.1) is 0 Å². The molecule has 1 aliphatic rings. The number of amides is 1. The van der Waals surface area contributed by atoms with Crippen molar-refractivity contribution in [1.29, 1.82) is 5.26 Å². The molecule has 0 bridgehead atoms. The average Bonchev–Trinajstić information content (AvgIpc) is 3.08. The zero-order valence-corrected chi connectivity index (χ0v) is 27.2. The highest BCUT2D eigenvalue weighted by Gasteiger charge is 2.18. The third-order valence-electron chi connectivity index (χ3n) is 7.60. The molecule has 1 saturated heterocycles. The second-order valence-corrected chi connectivity index (χ2v) is 11.2. The van der Waals surface area contributed by atoms with E-state index in [-0.39, 0.29) is 19.3 Å². The second-order valence-electron chi connectivity index (χ2n) is 10.8. The first kappa shape index (κ1) is 33.6. The van der Waals surface area contributed by atoms with E-state index in [1.54, 1.807) is 43.6 Å². The van der Waals surface area contributed by atoms with Crippen LogP contribution in [0.1, 0.15) is 31.0 Å². The van der Waals surface area contributed by atoms with E-state index in [0.29, 0.717) is 63.3 Å². The van der Waals surface area contributed by atoms with Crippen LogP contribution in [0.15, 0.2) is 72.6 Å². The van der Waals surface area contributed by atoms with Gasteiger partial charge in [-0.3, -0.25) is 14.8 Å². The molecule has 11 nitrogen and oxygen atoms in total. The van der Waals surface area contributed by atoms with Gasteiger partial charge in [0.25, 0.3) is 0 Å². The van der Waals surface area contributed by atoms with Gasteiger partial charge in [0.05, 0.1) is 39.8 Å². The van der Waals surface area contributed by atoms with Crippen LogP contribution >= 0.6 is 11.6 Å². The Hall–Kier alpha value is -4.73. The molecule has 0 spiro atoms. The summed E-state index contributed by atoms with van der Waals surface area (Å²) in [6, 6.07) is 16.6. The van der Waals surface area contributed by atoms with E-state index in [0.717, 1.165) is 43.7 Å². The number of piperidine rings is 1. The Morgan fingerprint density at radius 2 is 1.96 bits per heavy atom. The van der Waals surface area contributed by atoms with Crippen molar-refractivity contribution in [2.45, 2.75) is 26.4 Å². The van der Waals surface area contributed by atoms with E-state index < -0.39 is 0 Å². The van der Waals surface area contributed by atoms with Gasteiger partial charge in [0, 0.05) is 69.0 Å². The SMILES string of the molecule is CCOCOc1cc2ncc(C#N)c(Nc3ccc(OCc4ccccn4)c(Cl)c3)c2cc1NC(=O)C=C1CCN(CCOC)CC1. The summed E-state index contributed by atoms with van der Waals surface area (Å²) in [6.45, 7) is 5.91. The Balaban J connectivity index is 1.40. The molecule has 47 heavy (non-hydrogen) atoms. The largest absolute Gasteiger partial charge is 0.486 e. The normalized spacial score (nSPS) is 13.2. The summed E-state index contributed by atoms with van der Waals surface area (Å²) in [7, 11) is 1.70. The van der Waals surface area contributed by atoms with Gasteiger partial charge in [0.2, 0.25) is 5.91 Å². The van der Waals surface area contributed by atoms with E-state index in [1.165, 1.54) is 6.20 Å². The number of hydrogen-bond acceptors (Lipinski definition) is 10. The van der Waals surface area contributed by atoms with Crippen molar-refractivity contribution in [3.05, 3.63) is 88.9 Å². The number of nitrogens with zero attached hydrogens (tertiary/aromatic N) is 4. The van der Waals surface area contributed by atoms with Crippen LogP contribution in [-0.4, -0.2) is 67.5 Å². The second kappa shape index (κ2) is 16.7. The van der Waals surface area contributed by atoms with Gasteiger partial charge in [-0.2, -0.15) is 5.26 Å². The van der Waals surface area contributed by atoms with E-state index in [9.17, 15) is 10.1 Å². The number of hydrogen-bond donors (Lipinski definition) is 2. The minimum Gasteiger partial charge on any atom is -0.486 e. The Morgan fingerprint density at radius 3 is 2.68 bits per heavy atom. The van der Waals surface area contributed by atoms with E-state index >= 15 is 0 Å². The Labute approximate surface area is 279 Å². The summed E-state index contributed by atoms with van der Waals surface area (Å²) >= 11 is 6.58. The average molecular weight is 657 g/mol. The van der Waals surface area contributed by atoms with Crippen LogP contribution < -0.4 is 20.1 Å². The standard InChI is InChI=1S/C35H37ClN6O5/c1-3-45-23-47-33-19-30-28(18-31(33)41-34(43)16-24-9-12-42(13-10-24)14-15-44-2)35(25(20-37)21-39-30)40-26-7-8-32(29(36)17-26)46-22-27-6-4-5-11-38-27/h4-8,11,16-19,21H,3,9-10,12-15,22-23H2,1-2H3,(H,39,40)(H,41,43). The van der Waals surface area contributed by atoms with Gasteiger partial charge in [-0.1, -0.05) is 23.2 Å². The number of anilines is 3. The molecule has 2 aromatic carbocycles. The topological polar surface area (TPSA) is 131 Å². The van der Waals surface area contributed by atoms with Crippen molar-refractivity contribution >= 4 is 45.5 Å². The maximum atomic E-state index is 13.2. The Bertz CT molecular complexity index is 1750. The van der Waals surface area contributed by atoms with E-state index in [1.807, 2.05) is 31.2 Å². The molecule has 0 aliphatic carbocycles. The minimum atomic E-state index is -0.266. The van der Waals surface area contributed by atoms with Crippen molar-refractivity contribution in [3.8, 4) is 17.6 Å². The molecular formula is C35H37ClN6O5.